The molecule has 3 aromatic rings. The Morgan fingerprint density at radius 1 is 1.08 bits per heavy atom. The van der Waals surface area contributed by atoms with Crippen LogP contribution in [0.5, 0.6) is 0 Å². The zero-order valence-electron chi connectivity index (χ0n) is 20.7. The summed E-state index contributed by atoms with van der Waals surface area (Å²) in [5, 5.41) is 2.92. The standard InChI is InChI=1S/C30H33N3O3/c1-21-25(8-5-9-29(21)32-30(34)36-20-22-6-3-2-4-7-22)28(19-31)26-13-11-23-10-12-24(18-27(23)26)33-14-16-35-17-15-33/h2-10,12-13,18,28H,11,14-17,19-20,31H2,1H3,(H,32,34). The first-order valence-corrected chi connectivity index (χ1v) is 12.6. The molecule has 1 unspecified atom stereocenters. The van der Waals surface area contributed by atoms with Crippen LogP contribution in [-0.2, 0) is 22.5 Å². The SMILES string of the molecule is Cc1c(NC(=O)OCc2ccccc2)cccc1C(CN)C1=CCc2ccc(N3CCOCC3)cc21. The molecule has 0 bridgehead atoms. The molecule has 3 aromatic carbocycles. The molecule has 1 saturated heterocycles. The number of nitrogens with two attached hydrogens (primary N) is 1. The molecule has 186 valence electrons. The molecule has 0 spiro atoms. The minimum atomic E-state index is -0.469. The van der Waals surface area contributed by atoms with E-state index in [-0.39, 0.29) is 12.5 Å². The van der Waals surface area contributed by atoms with Gasteiger partial charge < -0.3 is 20.1 Å². The van der Waals surface area contributed by atoms with Gasteiger partial charge in [0.1, 0.15) is 6.61 Å². The minimum Gasteiger partial charge on any atom is -0.444 e. The Morgan fingerprint density at radius 2 is 1.89 bits per heavy atom. The van der Waals surface area contributed by atoms with Crippen molar-refractivity contribution >= 4 is 23.0 Å². The molecule has 36 heavy (non-hydrogen) atoms. The maximum absolute atomic E-state index is 12.5. The van der Waals surface area contributed by atoms with E-state index in [1.807, 2.05) is 49.4 Å². The van der Waals surface area contributed by atoms with Gasteiger partial charge >= 0.3 is 6.09 Å². The van der Waals surface area contributed by atoms with Crippen LogP contribution in [0.3, 0.4) is 0 Å². The molecule has 3 N–H and O–H groups in total. The second-order valence-corrected chi connectivity index (χ2v) is 9.30. The molecule has 0 saturated carbocycles. The van der Waals surface area contributed by atoms with Crippen LogP contribution in [0.15, 0.2) is 72.8 Å². The highest BCUT2D eigenvalue weighted by molar-refractivity contribution is 5.87. The Kier molecular flexibility index (Phi) is 7.35. The summed E-state index contributed by atoms with van der Waals surface area (Å²) in [7, 11) is 0. The second-order valence-electron chi connectivity index (χ2n) is 9.30. The third-order valence-corrected chi connectivity index (χ3v) is 7.13. The van der Waals surface area contributed by atoms with E-state index in [1.165, 1.54) is 22.4 Å². The van der Waals surface area contributed by atoms with Gasteiger partial charge in [-0.2, -0.15) is 0 Å². The normalized spacial score (nSPS) is 15.7. The van der Waals surface area contributed by atoms with Crippen molar-refractivity contribution < 1.29 is 14.3 Å². The van der Waals surface area contributed by atoms with E-state index in [0.29, 0.717) is 6.54 Å². The predicted molar refractivity (Wildman–Crippen MR) is 144 cm³/mol. The fraction of sp³-hybridized carbons (Fsp3) is 0.300. The summed E-state index contributed by atoms with van der Waals surface area (Å²) in [4.78, 5) is 14.9. The number of fused-ring (bicyclic) bond motifs is 1. The summed E-state index contributed by atoms with van der Waals surface area (Å²) in [6.45, 7) is 6.08. The van der Waals surface area contributed by atoms with E-state index in [9.17, 15) is 4.79 Å². The molecule has 5 rings (SSSR count). The van der Waals surface area contributed by atoms with Gasteiger partial charge in [0.2, 0.25) is 0 Å². The van der Waals surface area contributed by atoms with Gasteiger partial charge in [0.15, 0.2) is 0 Å². The number of allylic oxidation sites excluding steroid dienone is 1. The summed E-state index contributed by atoms with van der Waals surface area (Å²) in [5.74, 6) is 0.0354. The van der Waals surface area contributed by atoms with E-state index < -0.39 is 6.09 Å². The van der Waals surface area contributed by atoms with E-state index in [4.69, 9.17) is 15.2 Å². The summed E-state index contributed by atoms with van der Waals surface area (Å²) < 4.78 is 11.0. The number of carbonyl (C=O) groups is 1. The monoisotopic (exact) mass is 483 g/mol. The van der Waals surface area contributed by atoms with Gasteiger partial charge in [0.05, 0.1) is 13.2 Å². The van der Waals surface area contributed by atoms with Gasteiger partial charge in [0.25, 0.3) is 0 Å². The van der Waals surface area contributed by atoms with Crippen molar-refractivity contribution in [3.63, 3.8) is 0 Å². The number of rotatable bonds is 7. The van der Waals surface area contributed by atoms with Gasteiger partial charge in [-0.1, -0.05) is 54.6 Å². The summed E-state index contributed by atoms with van der Waals surface area (Å²) in [5.41, 5.74) is 15.3. The molecule has 2 aliphatic rings. The lowest BCUT2D eigenvalue weighted by molar-refractivity contribution is 0.122. The lowest BCUT2D eigenvalue weighted by atomic mass is 9.85. The number of benzene rings is 3. The maximum atomic E-state index is 12.5. The number of nitrogens with one attached hydrogen (secondary N) is 1. The first kappa shape index (κ1) is 24.1. The number of morpholine rings is 1. The molecule has 1 fully saturated rings. The van der Waals surface area contributed by atoms with Crippen LogP contribution in [0.2, 0.25) is 0 Å². The number of ether oxygens (including phenoxy) is 2. The van der Waals surface area contributed by atoms with E-state index in [1.54, 1.807) is 0 Å². The summed E-state index contributed by atoms with van der Waals surface area (Å²) >= 11 is 0. The molecule has 6 nitrogen and oxygen atoms in total. The molecule has 1 aliphatic heterocycles. The highest BCUT2D eigenvalue weighted by Gasteiger charge is 2.26. The number of carbonyl (C=O) groups excluding carboxylic acids is 1. The Morgan fingerprint density at radius 3 is 2.67 bits per heavy atom. The van der Waals surface area contributed by atoms with E-state index >= 15 is 0 Å². The van der Waals surface area contributed by atoms with Crippen LogP contribution >= 0.6 is 0 Å². The average Bonchev–Trinajstić information content (AvgIpc) is 3.34. The van der Waals surface area contributed by atoms with Crippen LogP contribution in [0.1, 0.15) is 33.7 Å². The largest absolute Gasteiger partial charge is 0.444 e. The number of anilines is 2. The summed E-state index contributed by atoms with van der Waals surface area (Å²) in [6.07, 6.45) is 2.75. The quantitative estimate of drug-likeness (QED) is 0.479. The molecular formula is C30H33N3O3. The highest BCUT2D eigenvalue weighted by atomic mass is 16.5. The van der Waals surface area contributed by atoms with Gasteiger partial charge in [-0.05, 0) is 64.9 Å². The first-order chi connectivity index (χ1) is 17.6. The zero-order chi connectivity index (χ0) is 24.9. The van der Waals surface area contributed by atoms with Crippen LogP contribution in [0.4, 0.5) is 16.2 Å². The highest BCUT2D eigenvalue weighted by Crippen LogP contribution is 2.41. The van der Waals surface area contributed by atoms with Gasteiger partial charge in [0, 0.05) is 36.9 Å². The fourth-order valence-corrected chi connectivity index (χ4v) is 5.15. The first-order valence-electron chi connectivity index (χ1n) is 12.6. The number of hydrogen-bond donors (Lipinski definition) is 2. The molecule has 6 heteroatoms. The van der Waals surface area contributed by atoms with Crippen molar-refractivity contribution in [2.24, 2.45) is 5.73 Å². The van der Waals surface area contributed by atoms with Crippen LogP contribution in [-0.4, -0.2) is 38.9 Å². The lowest BCUT2D eigenvalue weighted by Crippen LogP contribution is -2.36. The fourth-order valence-electron chi connectivity index (χ4n) is 5.15. The topological polar surface area (TPSA) is 76.8 Å². The molecule has 0 radical (unpaired) electrons. The lowest BCUT2D eigenvalue weighted by Gasteiger charge is -2.30. The second kappa shape index (κ2) is 11.0. The van der Waals surface area contributed by atoms with Crippen LogP contribution in [0, 0.1) is 6.92 Å². The third kappa shape index (κ3) is 5.15. The predicted octanol–water partition coefficient (Wildman–Crippen LogP) is 5.26. The van der Waals surface area contributed by atoms with Crippen LogP contribution in [0.25, 0.3) is 5.57 Å². The Bertz CT molecular complexity index is 1250. The Labute approximate surface area is 212 Å². The Hall–Kier alpha value is -3.61. The number of amides is 1. The van der Waals surface area contributed by atoms with E-state index in [0.717, 1.165) is 55.1 Å². The molecular weight excluding hydrogens is 450 g/mol. The smallest absolute Gasteiger partial charge is 0.411 e. The van der Waals surface area contributed by atoms with Gasteiger partial charge in [-0.25, -0.2) is 4.79 Å². The number of nitrogens with zero attached hydrogens (tertiary/aromatic N) is 1. The van der Waals surface area contributed by atoms with Crippen molar-refractivity contribution in [1.29, 1.82) is 0 Å². The van der Waals surface area contributed by atoms with Crippen molar-refractivity contribution in [2.45, 2.75) is 25.9 Å². The summed E-state index contributed by atoms with van der Waals surface area (Å²) in [6, 6.07) is 22.4. The van der Waals surface area contributed by atoms with Crippen molar-refractivity contribution in [2.75, 3.05) is 43.1 Å². The van der Waals surface area contributed by atoms with Crippen molar-refractivity contribution in [1.82, 2.24) is 0 Å². The van der Waals surface area contributed by atoms with Crippen molar-refractivity contribution in [3.8, 4) is 0 Å². The van der Waals surface area contributed by atoms with Gasteiger partial charge in [-0.15, -0.1) is 0 Å². The molecule has 0 aromatic heterocycles. The Balaban J connectivity index is 1.34. The molecule has 1 aliphatic carbocycles. The molecule has 1 amide bonds. The molecule has 1 atom stereocenters. The van der Waals surface area contributed by atoms with Crippen molar-refractivity contribution in [3.05, 3.63) is 101 Å². The maximum Gasteiger partial charge on any atom is 0.411 e. The van der Waals surface area contributed by atoms with E-state index in [2.05, 4.69) is 40.6 Å². The third-order valence-electron chi connectivity index (χ3n) is 7.13. The molecule has 1 heterocycles. The minimum absolute atomic E-state index is 0.0354. The number of hydrogen-bond acceptors (Lipinski definition) is 5. The average molecular weight is 484 g/mol. The zero-order valence-corrected chi connectivity index (χ0v) is 20.7. The van der Waals surface area contributed by atoms with Gasteiger partial charge in [-0.3, -0.25) is 5.32 Å². The van der Waals surface area contributed by atoms with Crippen LogP contribution < -0.4 is 16.0 Å².